The van der Waals surface area contributed by atoms with Crippen LogP contribution in [0.3, 0.4) is 0 Å². The van der Waals surface area contributed by atoms with Gasteiger partial charge in [0.25, 0.3) is 0 Å². The van der Waals surface area contributed by atoms with Crippen LogP contribution >= 0.6 is 11.8 Å². The average Bonchev–Trinajstić information content (AvgIpc) is 1.94. The van der Waals surface area contributed by atoms with Gasteiger partial charge in [-0.1, -0.05) is 6.58 Å². The fraction of sp³-hybridized carbons (Fsp3) is 0.500. The van der Waals surface area contributed by atoms with Crippen LogP contribution in [0.5, 0.6) is 0 Å². The predicted molar refractivity (Wildman–Crippen MR) is 47.5 cm³/mol. The molecule has 0 aliphatic heterocycles. The van der Waals surface area contributed by atoms with E-state index in [1.807, 2.05) is 5.41 Å². The highest BCUT2D eigenvalue weighted by Crippen LogP contribution is 2.30. The van der Waals surface area contributed by atoms with E-state index in [2.05, 4.69) is 6.58 Å². The van der Waals surface area contributed by atoms with Crippen molar-refractivity contribution in [1.29, 1.82) is 0 Å². The Morgan fingerprint density at radius 1 is 1.40 bits per heavy atom. The van der Waals surface area contributed by atoms with Crippen LogP contribution in [0.25, 0.3) is 0 Å². The topological polar surface area (TPSA) is 26.0 Å². The maximum Gasteiger partial charge on any atom is 0.0180 e. The lowest BCUT2D eigenvalue weighted by Crippen LogP contribution is -2.05. The summed E-state index contributed by atoms with van der Waals surface area (Å²) in [7, 11) is 0. The predicted octanol–water partition coefficient (Wildman–Crippen LogP) is 2.61. The number of nitrogens with two attached hydrogens (primary N) is 1. The number of hydrogen-bond acceptors (Lipinski definition) is 2. The Balaban J connectivity index is 2.58. The SMILES string of the molecule is C=CSC1=C(N)CCCC1. The zero-order valence-corrected chi connectivity index (χ0v) is 6.91. The standard InChI is InChI=1S/C8H13NS/c1-2-10-8-6-4-3-5-7(8)9/h2H,1,3-6,9H2. The summed E-state index contributed by atoms with van der Waals surface area (Å²) in [5.74, 6) is 0. The van der Waals surface area contributed by atoms with Crippen molar-refractivity contribution in [1.82, 2.24) is 0 Å². The monoisotopic (exact) mass is 155 g/mol. The smallest absolute Gasteiger partial charge is 0.0180 e. The van der Waals surface area contributed by atoms with Gasteiger partial charge in [0, 0.05) is 10.6 Å². The van der Waals surface area contributed by atoms with Crippen molar-refractivity contribution in [2.45, 2.75) is 25.7 Å². The largest absolute Gasteiger partial charge is 0.401 e. The fourth-order valence-corrected chi connectivity index (χ4v) is 1.85. The van der Waals surface area contributed by atoms with Crippen molar-refractivity contribution in [3.8, 4) is 0 Å². The van der Waals surface area contributed by atoms with Crippen LogP contribution in [-0.2, 0) is 0 Å². The van der Waals surface area contributed by atoms with Crippen molar-refractivity contribution in [3.05, 3.63) is 22.6 Å². The van der Waals surface area contributed by atoms with Gasteiger partial charge < -0.3 is 5.73 Å². The molecule has 0 amide bonds. The Bertz CT molecular complexity index is 161. The van der Waals surface area contributed by atoms with Crippen LogP contribution in [0, 0.1) is 0 Å². The van der Waals surface area contributed by atoms with E-state index >= 15 is 0 Å². The molecule has 1 aliphatic carbocycles. The van der Waals surface area contributed by atoms with Gasteiger partial charge in [0.05, 0.1) is 0 Å². The molecule has 10 heavy (non-hydrogen) atoms. The molecule has 1 rings (SSSR count). The zero-order chi connectivity index (χ0) is 7.40. The van der Waals surface area contributed by atoms with Crippen LogP contribution in [0.2, 0.25) is 0 Å². The van der Waals surface area contributed by atoms with Crippen molar-refractivity contribution >= 4 is 11.8 Å². The number of thioether (sulfide) groups is 1. The molecule has 0 atom stereocenters. The summed E-state index contributed by atoms with van der Waals surface area (Å²) in [5.41, 5.74) is 6.86. The molecule has 0 bridgehead atoms. The normalized spacial score (nSPS) is 19.2. The van der Waals surface area contributed by atoms with Crippen LogP contribution in [-0.4, -0.2) is 0 Å². The second-order valence-electron chi connectivity index (χ2n) is 2.44. The summed E-state index contributed by atoms with van der Waals surface area (Å²) in [4.78, 5) is 1.33. The molecule has 0 aromatic carbocycles. The highest BCUT2D eigenvalue weighted by atomic mass is 32.2. The third kappa shape index (κ3) is 1.81. The van der Waals surface area contributed by atoms with Gasteiger partial charge in [-0.2, -0.15) is 0 Å². The lowest BCUT2D eigenvalue weighted by Gasteiger charge is -2.14. The summed E-state index contributed by atoms with van der Waals surface area (Å²) in [6, 6.07) is 0. The molecule has 0 saturated heterocycles. The molecule has 0 saturated carbocycles. The van der Waals surface area contributed by atoms with Crippen LogP contribution in [0.15, 0.2) is 22.6 Å². The van der Waals surface area contributed by atoms with Crippen LogP contribution in [0.4, 0.5) is 0 Å². The molecule has 1 nitrogen and oxygen atoms in total. The first-order valence-corrected chi connectivity index (χ1v) is 4.47. The Morgan fingerprint density at radius 3 is 2.70 bits per heavy atom. The minimum absolute atomic E-state index is 1.08. The maximum atomic E-state index is 5.78. The van der Waals surface area contributed by atoms with Gasteiger partial charge in [0.1, 0.15) is 0 Å². The molecule has 0 fully saturated rings. The summed E-state index contributed by atoms with van der Waals surface area (Å²) < 4.78 is 0. The van der Waals surface area contributed by atoms with Gasteiger partial charge >= 0.3 is 0 Å². The highest BCUT2D eigenvalue weighted by Gasteiger charge is 2.08. The molecule has 0 heterocycles. The molecule has 0 radical (unpaired) electrons. The van der Waals surface area contributed by atoms with Crippen LogP contribution < -0.4 is 5.73 Å². The Kier molecular flexibility index (Phi) is 2.87. The van der Waals surface area contributed by atoms with E-state index in [4.69, 9.17) is 5.73 Å². The van der Waals surface area contributed by atoms with Crippen molar-refractivity contribution in [2.75, 3.05) is 0 Å². The van der Waals surface area contributed by atoms with Crippen molar-refractivity contribution < 1.29 is 0 Å². The molecule has 0 aromatic rings. The summed E-state index contributed by atoms with van der Waals surface area (Å²) in [6.45, 7) is 3.66. The first-order valence-electron chi connectivity index (χ1n) is 3.59. The van der Waals surface area contributed by atoms with E-state index < -0.39 is 0 Å². The Hall–Kier alpha value is -0.370. The molecule has 0 aromatic heterocycles. The zero-order valence-electron chi connectivity index (χ0n) is 6.10. The van der Waals surface area contributed by atoms with E-state index in [1.54, 1.807) is 11.8 Å². The fourth-order valence-electron chi connectivity index (χ4n) is 1.14. The first kappa shape index (κ1) is 7.73. The third-order valence-electron chi connectivity index (χ3n) is 1.68. The Morgan fingerprint density at radius 2 is 2.10 bits per heavy atom. The van der Waals surface area contributed by atoms with Gasteiger partial charge in [0.15, 0.2) is 0 Å². The minimum Gasteiger partial charge on any atom is -0.401 e. The number of rotatable bonds is 2. The summed E-state index contributed by atoms with van der Waals surface area (Å²) in [5, 5.41) is 1.85. The van der Waals surface area contributed by atoms with Gasteiger partial charge in [-0.15, -0.1) is 11.8 Å². The van der Waals surface area contributed by atoms with Crippen molar-refractivity contribution in [3.63, 3.8) is 0 Å². The lowest BCUT2D eigenvalue weighted by atomic mass is 10.1. The Labute approximate surface area is 66.4 Å². The van der Waals surface area contributed by atoms with E-state index in [9.17, 15) is 0 Å². The van der Waals surface area contributed by atoms with E-state index in [0.717, 1.165) is 18.5 Å². The van der Waals surface area contributed by atoms with Gasteiger partial charge in [-0.25, -0.2) is 0 Å². The van der Waals surface area contributed by atoms with E-state index in [-0.39, 0.29) is 0 Å². The van der Waals surface area contributed by atoms with E-state index in [1.165, 1.54) is 17.7 Å². The van der Waals surface area contributed by atoms with Crippen LogP contribution in [0.1, 0.15) is 25.7 Å². The highest BCUT2D eigenvalue weighted by molar-refractivity contribution is 8.05. The summed E-state index contributed by atoms with van der Waals surface area (Å²) in [6.07, 6.45) is 4.78. The second kappa shape index (κ2) is 3.71. The molecule has 0 unspecified atom stereocenters. The number of hydrogen-bond donors (Lipinski definition) is 1. The molecular formula is C8H13NS. The van der Waals surface area contributed by atoms with E-state index in [0.29, 0.717) is 0 Å². The quantitative estimate of drug-likeness (QED) is 0.663. The van der Waals surface area contributed by atoms with Gasteiger partial charge in [0.2, 0.25) is 0 Å². The molecule has 0 spiro atoms. The maximum absolute atomic E-state index is 5.78. The minimum atomic E-state index is 1.08. The summed E-state index contributed by atoms with van der Waals surface area (Å²) >= 11 is 1.68. The number of allylic oxidation sites excluding steroid dienone is 2. The van der Waals surface area contributed by atoms with Gasteiger partial charge in [-0.3, -0.25) is 0 Å². The molecule has 56 valence electrons. The lowest BCUT2D eigenvalue weighted by molar-refractivity contribution is 0.689. The first-order chi connectivity index (χ1) is 4.84. The molecule has 2 heteroatoms. The molecule has 2 N–H and O–H groups in total. The second-order valence-corrected chi connectivity index (χ2v) is 3.50. The molecular weight excluding hydrogens is 142 g/mol. The van der Waals surface area contributed by atoms with Crippen molar-refractivity contribution in [2.24, 2.45) is 5.73 Å². The average molecular weight is 155 g/mol. The van der Waals surface area contributed by atoms with Gasteiger partial charge in [-0.05, 0) is 31.1 Å². The molecule has 1 aliphatic rings. The third-order valence-corrected chi connectivity index (χ3v) is 2.60.